The number of nitrogens with two attached hydrogens (primary N) is 1. The number of carbonyl (C=O) groups is 7. The summed E-state index contributed by atoms with van der Waals surface area (Å²) in [6.45, 7) is 6.27. The molecule has 0 bridgehead atoms. The van der Waals surface area contributed by atoms with Gasteiger partial charge in [-0.05, 0) is 49.7 Å². The molecule has 1 aromatic rings. The first-order valence-electron chi connectivity index (χ1n) is 18.7. The van der Waals surface area contributed by atoms with E-state index in [1.54, 1.807) is 43.3 Å². The minimum absolute atomic E-state index is 0.00905. The number of hydrogen-bond acceptors (Lipinski definition) is 9. The SMILES string of the molecule is C/C=C/C(O)NC[C@H](NC(=O)[C@H](CC1CCCCC1)NC(=O)[C@H](CCC(N)=O)NC(C)=O)C(=O)N[C@@H](CC(C)C)C(=O)N[C@@H](Cc1ccccc1)C(=O)O. The third kappa shape index (κ3) is 17.3. The van der Waals surface area contributed by atoms with E-state index in [1.807, 2.05) is 13.8 Å². The second kappa shape index (κ2) is 23.8. The highest BCUT2D eigenvalue weighted by atomic mass is 16.4. The molecule has 2 rings (SSSR count). The summed E-state index contributed by atoms with van der Waals surface area (Å²) in [5.74, 6) is -5.42. The number of rotatable bonds is 23. The number of nitrogens with one attached hydrogen (secondary N) is 6. The normalized spacial score (nSPS) is 16.6. The number of carbonyl (C=O) groups excluding carboxylic acids is 6. The zero-order valence-electron chi connectivity index (χ0n) is 31.8. The number of aliphatic carboxylic acids is 1. The molecule has 1 aliphatic carbocycles. The molecular formula is C38H59N7O9. The van der Waals surface area contributed by atoms with E-state index in [0.29, 0.717) is 5.56 Å². The van der Waals surface area contributed by atoms with Crippen molar-refractivity contribution in [3.8, 4) is 0 Å². The summed E-state index contributed by atoms with van der Waals surface area (Å²) in [7, 11) is 0. The van der Waals surface area contributed by atoms with Gasteiger partial charge in [-0.25, -0.2) is 4.79 Å². The van der Waals surface area contributed by atoms with Crippen LogP contribution in [0.5, 0.6) is 0 Å². The summed E-state index contributed by atoms with van der Waals surface area (Å²) in [5.41, 5.74) is 5.97. The van der Waals surface area contributed by atoms with E-state index in [9.17, 15) is 43.8 Å². The number of benzene rings is 1. The van der Waals surface area contributed by atoms with Crippen LogP contribution in [0.3, 0.4) is 0 Å². The van der Waals surface area contributed by atoms with Gasteiger partial charge in [-0.15, -0.1) is 0 Å². The molecule has 10 N–H and O–H groups in total. The van der Waals surface area contributed by atoms with Gasteiger partial charge in [0.1, 0.15) is 36.4 Å². The Morgan fingerprint density at radius 3 is 1.93 bits per heavy atom. The number of carboxylic acids is 1. The number of hydrogen-bond donors (Lipinski definition) is 9. The topological polar surface area (TPSA) is 258 Å². The Morgan fingerprint density at radius 1 is 0.796 bits per heavy atom. The number of primary amides is 1. The Kier molecular flexibility index (Phi) is 19.9. The van der Waals surface area contributed by atoms with E-state index in [4.69, 9.17) is 5.73 Å². The highest BCUT2D eigenvalue weighted by molar-refractivity contribution is 5.96. The summed E-state index contributed by atoms with van der Waals surface area (Å²) in [4.78, 5) is 90.4. The van der Waals surface area contributed by atoms with E-state index in [-0.39, 0.29) is 50.5 Å². The molecule has 1 aliphatic rings. The van der Waals surface area contributed by atoms with Crippen LogP contribution in [0.4, 0.5) is 0 Å². The van der Waals surface area contributed by atoms with Crippen LogP contribution in [-0.4, -0.2) is 94.6 Å². The summed E-state index contributed by atoms with van der Waals surface area (Å²) < 4.78 is 0. The van der Waals surface area contributed by atoms with Gasteiger partial charge in [-0.2, -0.15) is 0 Å². The average molecular weight is 758 g/mol. The first-order chi connectivity index (χ1) is 25.6. The number of amides is 6. The van der Waals surface area contributed by atoms with Crippen LogP contribution < -0.4 is 37.6 Å². The van der Waals surface area contributed by atoms with Gasteiger partial charge in [0.05, 0.1) is 0 Å². The van der Waals surface area contributed by atoms with Gasteiger partial charge in [0.25, 0.3) is 0 Å². The Bertz CT molecular complexity index is 1430. The van der Waals surface area contributed by atoms with Gasteiger partial charge >= 0.3 is 5.97 Å². The zero-order valence-corrected chi connectivity index (χ0v) is 31.8. The van der Waals surface area contributed by atoms with Crippen LogP contribution in [0.15, 0.2) is 42.5 Å². The molecule has 6 amide bonds. The van der Waals surface area contributed by atoms with Crippen molar-refractivity contribution < 1.29 is 43.8 Å². The first kappa shape index (κ1) is 45.3. The fourth-order valence-corrected chi connectivity index (χ4v) is 6.33. The van der Waals surface area contributed by atoms with Crippen LogP contribution in [0, 0.1) is 11.8 Å². The van der Waals surface area contributed by atoms with Gasteiger partial charge < -0.3 is 42.5 Å². The minimum atomic E-state index is -1.37. The predicted molar refractivity (Wildman–Crippen MR) is 201 cm³/mol. The highest BCUT2D eigenvalue weighted by Gasteiger charge is 2.34. The Hall–Kier alpha value is -4.83. The van der Waals surface area contributed by atoms with Gasteiger partial charge in [0.2, 0.25) is 35.4 Å². The molecule has 16 heteroatoms. The molecule has 6 atom stereocenters. The lowest BCUT2D eigenvalue weighted by Gasteiger charge is -2.30. The average Bonchev–Trinajstić information content (AvgIpc) is 3.11. The van der Waals surface area contributed by atoms with Gasteiger partial charge in [0, 0.05) is 26.3 Å². The van der Waals surface area contributed by atoms with E-state index in [1.165, 1.54) is 13.0 Å². The van der Waals surface area contributed by atoms with Gasteiger partial charge in [-0.1, -0.05) is 82.4 Å². The molecule has 0 radical (unpaired) electrons. The summed E-state index contributed by atoms with van der Waals surface area (Å²) in [6.07, 6.45) is 6.52. The lowest BCUT2D eigenvalue weighted by Crippen LogP contribution is -2.61. The fraction of sp³-hybridized carbons (Fsp3) is 0.605. The molecule has 0 saturated heterocycles. The van der Waals surface area contributed by atoms with Crippen molar-refractivity contribution in [3.63, 3.8) is 0 Å². The molecule has 0 heterocycles. The maximum absolute atomic E-state index is 14.0. The molecule has 1 saturated carbocycles. The first-order valence-corrected chi connectivity index (χ1v) is 18.7. The van der Waals surface area contributed by atoms with Crippen molar-refractivity contribution in [2.45, 2.75) is 128 Å². The van der Waals surface area contributed by atoms with Crippen LogP contribution in [0.25, 0.3) is 0 Å². The van der Waals surface area contributed by atoms with Crippen molar-refractivity contribution in [3.05, 3.63) is 48.0 Å². The number of carboxylic acid groups (broad SMARTS) is 1. The lowest BCUT2D eigenvalue weighted by molar-refractivity contribution is -0.142. The molecule has 1 aromatic carbocycles. The van der Waals surface area contributed by atoms with Crippen molar-refractivity contribution in [2.75, 3.05) is 6.54 Å². The number of allylic oxidation sites excluding steroid dienone is 1. The Labute approximate surface area is 317 Å². The largest absolute Gasteiger partial charge is 0.480 e. The minimum Gasteiger partial charge on any atom is -0.480 e. The summed E-state index contributed by atoms with van der Waals surface area (Å²) >= 11 is 0. The van der Waals surface area contributed by atoms with Gasteiger partial charge in [0.15, 0.2) is 0 Å². The fourth-order valence-electron chi connectivity index (χ4n) is 6.33. The molecule has 300 valence electrons. The Morgan fingerprint density at radius 2 is 1.35 bits per heavy atom. The Balaban J connectivity index is 2.36. The zero-order chi connectivity index (χ0) is 40.2. The van der Waals surface area contributed by atoms with Crippen LogP contribution >= 0.6 is 0 Å². The standard InChI is InChI=1S/C38H59N7O9/c1-5-12-33(48)40-22-31(37(52)42-28(19-23(2)3)35(50)44-30(38(53)54)21-26-15-10-7-11-16-26)45-36(51)29(20-25-13-8-6-9-14-25)43-34(49)27(41-24(4)46)17-18-32(39)47/h5,7,10-12,15-16,23,25,27-31,33,40,48H,6,8-9,13-14,17-22H2,1-4H3,(H2,39,47)(H,41,46)(H,42,52)(H,43,49)(H,44,50)(H,45,51)(H,53,54)/b12-5+/t27-,28-,29-,30-,31-,33?/m0/s1. The van der Waals surface area contributed by atoms with E-state index < -0.39 is 77.8 Å². The van der Waals surface area contributed by atoms with E-state index in [2.05, 4.69) is 31.9 Å². The third-order valence-electron chi connectivity index (χ3n) is 9.08. The van der Waals surface area contributed by atoms with Crippen LogP contribution in [0.2, 0.25) is 0 Å². The monoisotopic (exact) mass is 757 g/mol. The van der Waals surface area contributed by atoms with Crippen molar-refractivity contribution in [1.29, 1.82) is 0 Å². The second-order valence-electron chi connectivity index (χ2n) is 14.3. The van der Waals surface area contributed by atoms with Gasteiger partial charge in [-0.3, -0.25) is 34.1 Å². The lowest BCUT2D eigenvalue weighted by atomic mass is 9.84. The molecular weight excluding hydrogens is 698 g/mol. The molecule has 1 unspecified atom stereocenters. The van der Waals surface area contributed by atoms with Crippen LogP contribution in [-0.2, 0) is 40.0 Å². The molecule has 16 nitrogen and oxygen atoms in total. The molecule has 0 spiro atoms. The maximum atomic E-state index is 14.0. The third-order valence-corrected chi connectivity index (χ3v) is 9.08. The van der Waals surface area contributed by atoms with Crippen molar-refractivity contribution in [2.24, 2.45) is 17.6 Å². The molecule has 0 aromatic heterocycles. The molecule has 1 fully saturated rings. The number of aliphatic hydroxyl groups is 1. The number of aliphatic hydroxyl groups excluding tert-OH is 1. The quantitative estimate of drug-likeness (QED) is 0.0553. The molecule has 54 heavy (non-hydrogen) atoms. The van der Waals surface area contributed by atoms with E-state index >= 15 is 0 Å². The second-order valence-corrected chi connectivity index (χ2v) is 14.3. The smallest absolute Gasteiger partial charge is 0.326 e. The highest BCUT2D eigenvalue weighted by Crippen LogP contribution is 2.27. The summed E-state index contributed by atoms with van der Waals surface area (Å²) in [6, 6.07) is 2.64. The maximum Gasteiger partial charge on any atom is 0.326 e. The van der Waals surface area contributed by atoms with Crippen molar-refractivity contribution in [1.82, 2.24) is 31.9 Å². The summed E-state index contributed by atoms with van der Waals surface area (Å²) in [5, 5.41) is 36.1. The van der Waals surface area contributed by atoms with Crippen LogP contribution in [0.1, 0.15) is 91.0 Å². The van der Waals surface area contributed by atoms with Crippen molar-refractivity contribution >= 4 is 41.4 Å². The predicted octanol–water partition coefficient (Wildman–Crippen LogP) is 0.524. The molecule has 0 aliphatic heterocycles. The van der Waals surface area contributed by atoms with E-state index in [0.717, 1.165) is 32.1 Å².